The number of hydrogen-bond donors (Lipinski definition) is 1. The molecule has 1 unspecified atom stereocenters. The number of rotatable bonds is 5. The molecule has 2 rings (SSSR count). The summed E-state index contributed by atoms with van der Waals surface area (Å²) in [4.78, 5) is 2.56. The van der Waals surface area contributed by atoms with Crippen LogP contribution in [0.15, 0.2) is 6.20 Å². The average molecular weight is 264 g/mol. The highest BCUT2D eigenvalue weighted by Crippen LogP contribution is 2.15. The summed E-state index contributed by atoms with van der Waals surface area (Å²) >= 11 is 0. The highest BCUT2D eigenvalue weighted by Gasteiger charge is 2.19. The van der Waals surface area contributed by atoms with Crippen molar-refractivity contribution in [3.63, 3.8) is 0 Å². The Labute approximate surface area is 117 Å². The third-order valence-corrected chi connectivity index (χ3v) is 4.31. The molecule has 0 amide bonds. The van der Waals surface area contributed by atoms with E-state index in [0.717, 1.165) is 13.1 Å². The Hall–Kier alpha value is -0.870. The molecule has 0 bridgehead atoms. The number of aryl methyl sites for hydroxylation is 1. The van der Waals surface area contributed by atoms with Crippen molar-refractivity contribution in [2.24, 2.45) is 7.05 Å². The second-order valence-electron chi connectivity index (χ2n) is 6.05. The highest BCUT2D eigenvalue weighted by atomic mass is 15.3. The summed E-state index contributed by atoms with van der Waals surface area (Å²) in [6, 6.07) is 1.23. The molecule has 19 heavy (non-hydrogen) atoms. The van der Waals surface area contributed by atoms with E-state index in [1.54, 1.807) is 0 Å². The van der Waals surface area contributed by atoms with Gasteiger partial charge in [0.15, 0.2) is 0 Å². The summed E-state index contributed by atoms with van der Waals surface area (Å²) in [5.41, 5.74) is 2.63. The molecule has 1 N–H and O–H groups in total. The second-order valence-corrected chi connectivity index (χ2v) is 6.05. The van der Waals surface area contributed by atoms with Crippen molar-refractivity contribution in [2.45, 2.75) is 58.7 Å². The van der Waals surface area contributed by atoms with Crippen molar-refractivity contribution in [1.82, 2.24) is 20.0 Å². The number of piperidine rings is 1. The number of aromatic nitrogens is 2. The Morgan fingerprint density at radius 1 is 1.47 bits per heavy atom. The molecular weight excluding hydrogens is 236 g/mol. The van der Waals surface area contributed by atoms with Crippen molar-refractivity contribution < 1.29 is 0 Å². The van der Waals surface area contributed by atoms with Crippen molar-refractivity contribution in [3.8, 4) is 0 Å². The first kappa shape index (κ1) is 14.5. The lowest BCUT2D eigenvalue weighted by atomic mass is 10.0. The van der Waals surface area contributed by atoms with Gasteiger partial charge in [-0.05, 0) is 40.2 Å². The zero-order valence-electron chi connectivity index (χ0n) is 12.8. The van der Waals surface area contributed by atoms with Crippen LogP contribution in [-0.4, -0.2) is 39.9 Å². The van der Waals surface area contributed by atoms with Crippen LogP contribution in [0, 0.1) is 6.92 Å². The van der Waals surface area contributed by atoms with Crippen molar-refractivity contribution in [1.29, 1.82) is 0 Å². The van der Waals surface area contributed by atoms with Crippen LogP contribution >= 0.6 is 0 Å². The SMILES string of the molecule is Cc1c(CN(CC2CCCCN2)C(C)C)cnn1C. The predicted octanol–water partition coefficient (Wildman–Crippen LogP) is 2.08. The van der Waals surface area contributed by atoms with E-state index in [4.69, 9.17) is 0 Å². The van der Waals surface area contributed by atoms with Gasteiger partial charge in [0.25, 0.3) is 0 Å². The van der Waals surface area contributed by atoms with Crippen molar-refractivity contribution in [3.05, 3.63) is 17.5 Å². The molecule has 4 heteroatoms. The van der Waals surface area contributed by atoms with Crippen LogP contribution in [0.1, 0.15) is 44.4 Å². The summed E-state index contributed by atoms with van der Waals surface area (Å²) in [5.74, 6) is 0. The molecule has 0 aliphatic carbocycles. The molecular formula is C15H28N4. The molecule has 2 heterocycles. The summed E-state index contributed by atoms with van der Waals surface area (Å²) in [6.45, 7) is 10.1. The molecule has 0 spiro atoms. The van der Waals surface area contributed by atoms with Gasteiger partial charge >= 0.3 is 0 Å². The molecule has 4 nitrogen and oxygen atoms in total. The van der Waals surface area contributed by atoms with E-state index in [2.05, 4.69) is 36.1 Å². The third kappa shape index (κ3) is 3.80. The lowest BCUT2D eigenvalue weighted by molar-refractivity contribution is 0.177. The summed E-state index contributed by atoms with van der Waals surface area (Å²) in [6.07, 6.45) is 6.03. The standard InChI is InChI=1S/C15H28N4/c1-12(2)19(11-15-7-5-6-8-16-15)10-14-9-17-18(4)13(14)3/h9,12,15-16H,5-8,10-11H2,1-4H3. The fourth-order valence-corrected chi connectivity index (χ4v) is 2.74. The Bertz CT molecular complexity index is 391. The van der Waals surface area contributed by atoms with E-state index in [1.165, 1.54) is 37.1 Å². The predicted molar refractivity (Wildman–Crippen MR) is 79.1 cm³/mol. The summed E-state index contributed by atoms with van der Waals surface area (Å²) in [7, 11) is 2.02. The smallest absolute Gasteiger partial charge is 0.0537 e. The molecule has 1 saturated heterocycles. The van der Waals surface area contributed by atoms with Crippen molar-refractivity contribution >= 4 is 0 Å². The van der Waals surface area contributed by atoms with Crippen LogP contribution in [0.4, 0.5) is 0 Å². The molecule has 1 aliphatic heterocycles. The number of nitrogens with one attached hydrogen (secondary N) is 1. The highest BCUT2D eigenvalue weighted by molar-refractivity contribution is 5.15. The van der Waals surface area contributed by atoms with Gasteiger partial charge in [-0.3, -0.25) is 9.58 Å². The molecule has 0 aromatic carbocycles. The summed E-state index contributed by atoms with van der Waals surface area (Å²) in [5, 5.41) is 8.00. The minimum Gasteiger partial charge on any atom is -0.313 e. The molecule has 1 aliphatic rings. The second kappa shape index (κ2) is 6.53. The Morgan fingerprint density at radius 3 is 2.79 bits per heavy atom. The average Bonchev–Trinajstić information content (AvgIpc) is 2.71. The van der Waals surface area contributed by atoms with Crippen LogP contribution < -0.4 is 5.32 Å². The van der Waals surface area contributed by atoms with Gasteiger partial charge in [-0.2, -0.15) is 5.10 Å². The monoisotopic (exact) mass is 264 g/mol. The quantitative estimate of drug-likeness (QED) is 0.884. The fourth-order valence-electron chi connectivity index (χ4n) is 2.74. The molecule has 108 valence electrons. The minimum absolute atomic E-state index is 0.573. The van der Waals surface area contributed by atoms with Gasteiger partial charge in [0.2, 0.25) is 0 Å². The minimum atomic E-state index is 0.573. The van der Waals surface area contributed by atoms with Gasteiger partial charge in [-0.1, -0.05) is 6.42 Å². The number of hydrogen-bond acceptors (Lipinski definition) is 3. The molecule has 1 fully saturated rings. The van der Waals surface area contributed by atoms with Crippen LogP contribution in [0.25, 0.3) is 0 Å². The normalized spacial score (nSPS) is 20.4. The first-order valence-electron chi connectivity index (χ1n) is 7.53. The van der Waals surface area contributed by atoms with E-state index in [0.29, 0.717) is 12.1 Å². The molecule has 1 aromatic heterocycles. The fraction of sp³-hybridized carbons (Fsp3) is 0.800. The first-order valence-corrected chi connectivity index (χ1v) is 7.53. The van der Waals surface area contributed by atoms with Crippen LogP contribution in [-0.2, 0) is 13.6 Å². The molecule has 0 saturated carbocycles. The zero-order valence-corrected chi connectivity index (χ0v) is 12.8. The van der Waals surface area contributed by atoms with E-state index in [9.17, 15) is 0 Å². The lowest BCUT2D eigenvalue weighted by Crippen LogP contribution is -2.45. The van der Waals surface area contributed by atoms with Gasteiger partial charge in [-0.25, -0.2) is 0 Å². The van der Waals surface area contributed by atoms with Gasteiger partial charge in [0.1, 0.15) is 0 Å². The topological polar surface area (TPSA) is 33.1 Å². The zero-order chi connectivity index (χ0) is 13.8. The Morgan fingerprint density at radius 2 is 2.26 bits per heavy atom. The maximum absolute atomic E-state index is 4.35. The largest absolute Gasteiger partial charge is 0.313 e. The molecule has 0 radical (unpaired) electrons. The van der Waals surface area contributed by atoms with Crippen LogP contribution in [0.5, 0.6) is 0 Å². The van der Waals surface area contributed by atoms with Gasteiger partial charge < -0.3 is 5.32 Å². The lowest BCUT2D eigenvalue weighted by Gasteiger charge is -2.33. The van der Waals surface area contributed by atoms with E-state index in [1.807, 2.05) is 17.9 Å². The van der Waals surface area contributed by atoms with E-state index < -0.39 is 0 Å². The third-order valence-electron chi connectivity index (χ3n) is 4.31. The van der Waals surface area contributed by atoms with E-state index in [-0.39, 0.29) is 0 Å². The van der Waals surface area contributed by atoms with Crippen LogP contribution in [0.3, 0.4) is 0 Å². The Balaban J connectivity index is 1.97. The Kier molecular flexibility index (Phi) is 4.99. The molecule has 1 aromatic rings. The van der Waals surface area contributed by atoms with Crippen molar-refractivity contribution in [2.75, 3.05) is 13.1 Å². The maximum atomic E-state index is 4.35. The van der Waals surface area contributed by atoms with Gasteiger partial charge in [-0.15, -0.1) is 0 Å². The molecule has 1 atom stereocenters. The van der Waals surface area contributed by atoms with Gasteiger partial charge in [0, 0.05) is 43.5 Å². The van der Waals surface area contributed by atoms with Crippen LogP contribution in [0.2, 0.25) is 0 Å². The maximum Gasteiger partial charge on any atom is 0.0537 e. The summed E-state index contributed by atoms with van der Waals surface area (Å²) < 4.78 is 1.96. The number of nitrogens with zero attached hydrogens (tertiary/aromatic N) is 3. The van der Waals surface area contributed by atoms with E-state index >= 15 is 0 Å². The first-order chi connectivity index (χ1) is 9.08. The van der Waals surface area contributed by atoms with Gasteiger partial charge in [0.05, 0.1) is 6.20 Å².